The average molecular weight is 543 g/mol. The van der Waals surface area contributed by atoms with Crippen molar-refractivity contribution in [3.05, 3.63) is 81.9 Å². The number of rotatable bonds is 10. The van der Waals surface area contributed by atoms with Gasteiger partial charge < -0.3 is 14.2 Å². The minimum Gasteiger partial charge on any atom is -0.459 e. The molecule has 0 aromatic heterocycles. The molecule has 0 spiro atoms. The molecule has 212 valence electrons. The Hall–Kier alpha value is -3.95. The SMILES string of the molecule is CC(C)(C)OC(=O)N(C(=O)OC(C)(C)C)[C@H](CC[C@H](C[N+](=O)[O-])c1ccccc1)C(=O)OCc1ccccc1. The van der Waals surface area contributed by atoms with Gasteiger partial charge in [-0.1, -0.05) is 60.7 Å². The first-order valence-electron chi connectivity index (χ1n) is 12.8. The van der Waals surface area contributed by atoms with Gasteiger partial charge in [0.15, 0.2) is 0 Å². The van der Waals surface area contributed by atoms with Gasteiger partial charge in [-0.15, -0.1) is 0 Å². The predicted molar refractivity (Wildman–Crippen MR) is 145 cm³/mol. The number of carbonyl (C=O) groups is 3. The fourth-order valence-electron chi connectivity index (χ4n) is 3.76. The van der Waals surface area contributed by atoms with Crippen LogP contribution in [0.4, 0.5) is 9.59 Å². The number of nitro groups is 1. The Bertz CT molecular complexity index is 1080. The minimum absolute atomic E-state index is 0.0936. The van der Waals surface area contributed by atoms with E-state index in [1.807, 2.05) is 6.07 Å². The molecule has 0 bridgehead atoms. The van der Waals surface area contributed by atoms with E-state index in [1.165, 1.54) is 0 Å². The summed E-state index contributed by atoms with van der Waals surface area (Å²) in [7, 11) is 0. The third-order valence-electron chi connectivity index (χ3n) is 5.42. The number of hydrogen-bond donors (Lipinski definition) is 0. The summed E-state index contributed by atoms with van der Waals surface area (Å²) in [5, 5.41) is 11.4. The highest BCUT2D eigenvalue weighted by molar-refractivity contribution is 5.94. The van der Waals surface area contributed by atoms with Crippen LogP contribution in [0.15, 0.2) is 60.7 Å². The van der Waals surface area contributed by atoms with E-state index in [4.69, 9.17) is 14.2 Å². The molecule has 0 saturated heterocycles. The van der Waals surface area contributed by atoms with Crippen molar-refractivity contribution in [1.82, 2.24) is 4.90 Å². The summed E-state index contributed by atoms with van der Waals surface area (Å²) in [6.45, 7) is 9.28. The smallest absolute Gasteiger partial charge is 0.420 e. The zero-order valence-corrected chi connectivity index (χ0v) is 23.4. The second kappa shape index (κ2) is 13.7. The normalized spacial score (nSPS) is 13.1. The molecule has 2 amide bonds. The number of ether oxygens (including phenoxy) is 3. The Labute approximate surface area is 229 Å². The highest BCUT2D eigenvalue weighted by Gasteiger charge is 2.41. The topological polar surface area (TPSA) is 125 Å². The molecule has 39 heavy (non-hydrogen) atoms. The molecule has 0 radical (unpaired) electrons. The zero-order valence-electron chi connectivity index (χ0n) is 23.4. The van der Waals surface area contributed by atoms with Crippen molar-refractivity contribution >= 4 is 18.2 Å². The van der Waals surface area contributed by atoms with E-state index in [9.17, 15) is 24.5 Å². The molecule has 10 nitrogen and oxygen atoms in total. The standard InChI is InChI=1S/C29H38N2O8/c1-28(2,3)38-26(33)31(27(34)39-29(4,5)6)24(25(32)37-20-21-13-9-7-10-14-21)18-17-23(19-30(35)36)22-15-11-8-12-16-22/h7-16,23-24H,17-20H2,1-6H3/t23-,24-/m1/s1. The molecular weight excluding hydrogens is 504 g/mol. The Morgan fingerprint density at radius 3 is 1.77 bits per heavy atom. The van der Waals surface area contributed by atoms with Crippen LogP contribution < -0.4 is 0 Å². The van der Waals surface area contributed by atoms with Crippen LogP contribution in [-0.4, -0.2) is 51.8 Å². The molecule has 0 aliphatic heterocycles. The molecular formula is C29H38N2O8. The molecule has 0 fully saturated rings. The van der Waals surface area contributed by atoms with Crippen molar-refractivity contribution in [2.24, 2.45) is 0 Å². The van der Waals surface area contributed by atoms with Crippen molar-refractivity contribution < 1.29 is 33.5 Å². The Balaban J connectivity index is 2.44. The van der Waals surface area contributed by atoms with E-state index in [2.05, 4.69) is 0 Å². The molecule has 0 aliphatic rings. The van der Waals surface area contributed by atoms with Crippen molar-refractivity contribution in [3.63, 3.8) is 0 Å². The first kappa shape index (κ1) is 31.3. The first-order valence-corrected chi connectivity index (χ1v) is 12.8. The molecule has 0 unspecified atom stereocenters. The van der Waals surface area contributed by atoms with E-state index < -0.39 is 52.8 Å². The molecule has 0 heterocycles. The summed E-state index contributed by atoms with van der Waals surface area (Å²) < 4.78 is 16.4. The number of imide groups is 1. The van der Waals surface area contributed by atoms with Crippen LogP contribution in [-0.2, 0) is 25.6 Å². The van der Waals surface area contributed by atoms with Crippen LogP contribution in [0.1, 0.15) is 71.4 Å². The van der Waals surface area contributed by atoms with Gasteiger partial charge in [-0.05, 0) is 65.5 Å². The lowest BCUT2D eigenvalue weighted by Crippen LogP contribution is -2.52. The fourth-order valence-corrected chi connectivity index (χ4v) is 3.76. The number of benzene rings is 2. The largest absolute Gasteiger partial charge is 0.459 e. The van der Waals surface area contributed by atoms with E-state index in [-0.39, 0.29) is 19.4 Å². The van der Waals surface area contributed by atoms with Crippen molar-refractivity contribution in [2.75, 3.05) is 6.54 Å². The van der Waals surface area contributed by atoms with Crippen LogP contribution in [0, 0.1) is 10.1 Å². The van der Waals surface area contributed by atoms with E-state index in [0.29, 0.717) is 16.0 Å². The number of nitrogens with zero attached hydrogens (tertiary/aromatic N) is 2. The Morgan fingerprint density at radius 1 is 0.821 bits per heavy atom. The number of carbonyl (C=O) groups excluding carboxylic acids is 3. The summed E-state index contributed by atoms with van der Waals surface area (Å²) in [6, 6.07) is 16.3. The minimum atomic E-state index is -1.45. The molecule has 2 atom stereocenters. The lowest BCUT2D eigenvalue weighted by atomic mass is 9.92. The van der Waals surface area contributed by atoms with Crippen LogP contribution in [0.2, 0.25) is 0 Å². The van der Waals surface area contributed by atoms with Crippen LogP contribution in [0.5, 0.6) is 0 Å². The molecule has 0 saturated carbocycles. The summed E-state index contributed by atoms with van der Waals surface area (Å²) in [4.78, 5) is 51.7. The molecule has 0 aliphatic carbocycles. The van der Waals surface area contributed by atoms with E-state index >= 15 is 0 Å². The maximum Gasteiger partial charge on any atom is 0.420 e. The monoisotopic (exact) mass is 542 g/mol. The maximum absolute atomic E-state index is 13.5. The van der Waals surface area contributed by atoms with Gasteiger partial charge in [-0.3, -0.25) is 10.1 Å². The molecule has 2 aromatic rings. The summed E-state index contributed by atoms with van der Waals surface area (Å²) in [5.74, 6) is -1.44. The lowest BCUT2D eigenvalue weighted by Gasteiger charge is -2.32. The number of amides is 2. The van der Waals surface area contributed by atoms with Gasteiger partial charge in [-0.25, -0.2) is 14.4 Å². The van der Waals surface area contributed by atoms with Gasteiger partial charge in [0.25, 0.3) is 0 Å². The highest BCUT2D eigenvalue weighted by atomic mass is 16.6. The lowest BCUT2D eigenvalue weighted by molar-refractivity contribution is -0.483. The molecule has 0 N–H and O–H groups in total. The number of hydrogen-bond acceptors (Lipinski definition) is 8. The Kier molecular flexibility index (Phi) is 11.0. The molecule has 2 rings (SSSR count). The van der Waals surface area contributed by atoms with Crippen LogP contribution in [0.3, 0.4) is 0 Å². The summed E-state index contributed by atoms with van der Waals surface area (Å²) >= 11 is 0. The van der Waals surface area contributed by atoms with Gasteiger partial charge in [0, 0.05) is 10.8 Å². The second-order valence-electron chi connectivity index (χ2n) is 11.1. The summed E-state index contributed by atoms with van der Waals surface area (Å²) in [6.07, 6.45) is -2.16. The maximum atomic E-state index is 13.5. The molecule has 10 heteroatoms. The predicted octanol–water partition coefficient (Wildman–Crippen LogP) is 6.11. The molecule has 2 aromatic carbocycles. The van der Waals surface area contributed by atoms with Crippen molar-refractivity contribution in [2.45, 2.75) is 84.2 Å². The van der Waals surface area contributed by atoms with E-state index in [0.717, 1.165) is 0 Å². The van der Waals surface area contributed by atoms with Gasteiger partial charge >= 0.3 is 18.2 Å². The first-order chi connectivity index (χ1) is 18.2. The van der Waals surface area contributed by atoms with Crippen LogP contribution in [0.25, 0.3) is 0 Å². The Morgan fingerprint density at radius 2 is 1.31 bits per heavy atom. The van der Waals surface area contributed by atoms with Crippen molar-refractivity contribution in [1.29, 1.82) is 0 Å². The van der Waals surface area contributed by atoms with Crippen LogP contribution >= 0.6 is 0 Å². The quantitative estimate of drug-likeness (QED) is 0.152. The average Bonchev–Trinajstić information content (AvgIpc) is 2.82. The van der Waals surface area contributed by atoms with E-state index in [1.54, 1.807) is 96.1 Å². The fraction of sp³-hybridized carbons (Fsp3) is 0.483. The van der Waals surface area contributed by atoms with Gasteiger partial charge in [0.2, 0.25) is 6.54 Å². The second-order valence-corrected chi connectivity index (χ2v) is 11.1. The van der Waals surface area contributed by atoms with Gasteiger partial charge in [-0.2, -0.15) is 4.90 Å². The highest BCUT2D eigenvalue weighted by Crippen LogP contribution is 2.26. The van der Waals surface area contributed by atoms with Crippen molar-refractivity contribution in [3.8, 4) is 0 Å². The third-order valence-corrected chi connectivity index (χ3v) is 5.42. The number of esters is 1. The van der Waals surface area contributed by atoms with Gasteiger partial charge in [0.1, 0.15) is 23.9 Å². The zero-order chi connectivity index (χ0) is 29.2. The summed E-state index contributed by atoms with van der Waals surface area (Å²) in [5.41, 5.74) is -0.546. The third kappa shape index (κ3) is 11.1. The van der Waals surface area contributed by atoms with Gasteiger partial charge in [0.05, 0.1) is 0 Å².